The third-order valence-electron chi connectivity index (χ3n) is 0.122. The highest BCUT2D eigenvalue weighted by atomic mass is 31.2. The lowest BCUT2D eigenvalue weighted by Crippen LogP contribution is -1.67. The van der Waals surface area contributed by atoms with E-state index in [0.29, 0.717) is 0 Å². The Balaban J connectivity index is 0. The predicted octanol–water partition coefficient (Wildman–Crippen LogP) is -1.23. The third kappa shape index (κ3) is 77.4. The summed E-state index contributed by atoms with van der Waals surface area (Å²) in [5.41, 5.74) is 0. The second-order valence-corrected chi connectivity index (χ2v) is 2.66. The fourth-order valence-corrected chi connectivity index (χ4v) is 0.110. The first-order valence-electron chi connectivity index (χ1n) is 1.79. The van der Waals surface area contributed by atoms with Gasteiger partial charge in [-0.1, -0.05) is 0 Å². The fraction of sp³-hybridized carbons (Fsp3) is 0. The minimum atomic E-state index is -4.64. The minimum absolute atomic E-state index is 1.10. The highest BCUT2D eigenvalue weighted by Gasteiger charge is 2.00. The zero-order chi connectivity index (χ0) is 9.49. The summed E-state index contributed by atoms with van der Waals surface area (Å²) in [5.74, 6) is 0. The molecule has 66 valence electrons. The van der Waals surface area contributed by atoms with E-state index in [1.54, 1.807) is 0 Å². The molecule has 10 heteroatoms. The molecule has 0 fully saturated rings. The minimum Gasteiger partial charge on any atom is -0.352 e. The molecule has 0 bridgehead atoms. The Morgan fingerprint density at radius 3 is 1.64 bits per heavy atom. The van der Waals surface area contributed by atoms with Crippen LogP contribution in [0.5, 0.6) is 0 Å². The Morgan fingerprint density at radius 1 is 1.36 bits per heavy atom. The van der Waals surface area contributed by atoms with Gasteiger partial charge >= 0.3 is 16.4 Å². The second kappa shape index (κ2) is 6.46. The molecule has 0 radical (unpaired) electrons. The average molecular weight is 205 g/mol. The summed E-state index contributed by atoms with van der Waals surface area (Å²) in [4.78, 5) is 37.0. The van der Waals surface area contributed by atoms with Gasteiger partial charge in [0.25, 0.3) is 6.26 Å². The van der Waals surface area contributed by atoms with Crippen LogP contribution in [0, 0.1) is 11.5 Å². The van der Waals surface area contributed by atoms with E-state index in [9.17, 15) is 0 Å². The van der Waals surface area contributed by atoms with Crippen molar-refractivity contribution in [2.24, 2.45) is 0 Å². The molecule has 0 aliphatic carbocycles. The van der Waals surface area contributed by atoms with Crippen LogP contribution >= 0.6 is 16.4 Å². The summed E-state index contributed by atoms with van der Waals surface area (Å²) in [6.07, 6.45) is 1.10. The summed E-state index contributed by atoms with van der Waals surface area (Å²) >= 11 is 0. The monoisotopic (exact) mass is 205 g/mol. The zero-order valence-electron chi connectivity index (χ0n) is 4.89. The van der Waals surface area contributed by atoms with E-state index >= 15 is 0 Å². The summed E-state index contributed by atoms with van der Waals surface area (Å²) in [6, 6.07) is 0. The van der Waals surface area contributed by atoms with Crippen molar-refractivity contribution in [3.63, 3.8) is 0 Å². The van der Waals surface area contributed by atoms with Crippen molar-refractivity contribution < 1.29 is 33.6 Å². The average Bonchev–Trinajstić information content (AvgIpc) is 1.58. The van der Waals surface area contributed by atoms with Crippen molar-refractivity contribution >= 4 is 16.4 Å². The highest BCUT2D eigenvalue weighted by molar-refractivity contribution is 7.45. The first-order chi connectivity index (χ1) is 4.77. The smallest absolute Gasteiger partial charge is 0.352 e. The van der Waals surface area contributed by atoms with Gasteiger partial charge in [0.05, 0.1) is 0 Å². The second-order valence-electron chi connectivity index (χ2n) is 0.949. The molecule has 0 saturated heterocycles. The normalized spacial score (nSPS) is 9.55. The molecule has 0 unspecified atom stereocenters. The molecule has 0 rings (SSSR count). The van der Waals surface area contributed by atoms with Crippen LogP contribution in [0.3, 0.4) is 0 Å². The number of hydrogen-bond acceptors (Lipinski definition) is 5. The first kappa shape index (κ1) is 13.3. The maximum atomic E-state index is 8.88. The SMILES string of the molecule is N#COP(O)O.O=P(O)(O)O. The van der Waals surface area contributed by atoms with Crippen LogP contribution in [-0.2, 0) is 9.09 Å². The van der Waals surface area contributed by atoms with Crippen LogP contribution in [0.25, 0.3) is 0 Å². The van der Waals surface area contributed by atoms with Crippen molar-refractivity contribution in [3.8, 4) is 6.26 Å². The molecular formula is CH5NO7P2. The van der Waals surface area contributed by atoms with E-state index in [4.69, 9.17) is 34.3 Å². The molecule has 0 spiro atoms. The molecular weight excluding hydrogens is 200 g/mol. The topological polar surface area (TPSA) is 151 Å². The maximum Gasteiger partial charge on any atom is 0.466 e. The fourth-order valence-electron chi connectivity index (χ4n) is 0.0365. The molecule has 11 heavy (non-hydrogen) atoms. The van der Waals surface area contributed by atoms with E-state index < -0.39 is 16.4 Å². The van der Waals surface area contributed by atoms with E-state index in [1.807, 2.05) is 0 Å². The number of nitriles is 1. The molecule has 0 aromatic carbocycles. The van der Waals surface area contributed by atoms with E-state index in [2.05, 4.69) is 4.52 Å². The van der Waals surface area contributed by atoms with Gasteiger partial charge in [-0.15, -0.1) is 5.26 Å². The van der Waals surface area contributed by atoms with Crippen molar-refractivity contribution in [2.45, 2.75) is 0 Å². The van der Waals surface area contributed by atoms with Gasteiger partial charge in [-0.05, 0) is 0 Å². The van der Waals surface area contributed by atoms with E-state index in [0.717, 1.165) is 6.26 Å². The molecule has 0 aliphatic heterocycles. The Bertz CT molecular complexity index is 158. The largest absolute Gasteiger partial charge is 0.466 e. The Morgan fingerprint density at radius 2 is 1.64 bits per heavy atom. The Hall–Kier alpha value is -0.250. The van der Waals surface area contributed by atoms with Crippen molar-refractivity contribution in [3.05, 3.63) is 0 Å². The number of hydrogen-bond donors (Lipinski definition) is 5. The van der Waals surface area contributed by atoms with Gasteiger partial charge in [-0.3, -0.25) is 0 Å². The number of phosphoric acid groups is 1. The van der Waals surface area contributed by atoms with Gasteiger partial charge in [-0.25, -0.2) is 4.57 Å². The molecule has 5 N–H and O–H groups in total. The van der Waals surface area contributed by atoms with E-state index in [-0.39, 0.29) is 0 Å². The van der Waals surface area contributed by atoms with Crippen LogP contribution in [0.2, 0.25) is 0 Å². The Kier molecular flexibility index (Phi) is 7.84. The first-order valence-corrected chi connectivity index (χ1v) is 4.52. The van der Waals surface area contributed by atoms with Crippen LogP contribution in [0.4, 0.5) is 0 Å². The number of nitrogens with zero attached hydrogens (tertiary/aromatic N) is 1. The van der Waals surface area contributed by atoms with Gasteiger partial charge in [-0.2, -0.15) is 0 Å². The zero-order valence-corrected chi connectivity index (χ0v) is 6.68. The van der Waals surface area contributed by atoms with Crippen LogP contribution in [0.15, 0.2) is 0 Å². The molecule has 0 aromatic rings. The summed E-state index contributed by atoms with van der Waals surface area (Å²) < 4.78 is 12.4. The van der Waals surface area contributed by atoms with Crippen LogP contribution < -0.4 is 0 Å². The molecule has 0 aliphatic rings. The maximum absolute atomic E-state index is 8.88. The van der Waals surface area contributed by atoms with Crippen molar-refractivity contribution in [2.75, 3.05) is 0 Å². The van der Waals surface area contributed by atoms with Gasteiger partial charge in [0, 0.05) is 0 Å². The quantitative estimate of drug-likeness (QED) is 0.263. The van der Waals surface area contributed by atoms with Gasteiger partial charge < -0.3 is 29.0 Å². The molecule has 0 heterocycles. The third-order valence-corrected chi connectivity index (χ3v) is 0.367. The van der Waals surface area contributed by atoms with Gasteiger partial charge in [0.2, 0.25) is 0 Å². The predicted molar refractivity (Wildman–Crippen MR) is 32.3 cm³/mol. The molecule has 0 amide bonds. The van der Waals surface area contributed by atoms with Gasteiger partial charge in [0.1, 0.15) is 0 Å². The highest BCUT2D eigenvalue weighted by Crippen LogP contribution is 2.25. The standard InChI is InChI=1S/CH2NO3P.H3O4P/c2-1-5-6(3)4;1-5(2,3)4/h3-4H;(H3,1,2,3,4). The van der Waals surface area contributed by atoms with Crippen molar-refractivity contribution in [1.29, 1.82) is 5.26 Å². The summed E-state index contributed by atoms with van der Waals surface area (Å²) in [6.45, 7) is 0. The number of rotatable bonds is 1. The van der Waals surface area contributed by atoms with E-state index in [1.165, 1.54) is 0 Å². The molecule has 0 aromatic heterocycles. The molecule has 0 atom stereocenters. The molecule has 8 nitrogen and oxygen atoms in total. The lowest BCUT2D eigenvalue weighted by molar-refractivity contribution is 0.275. The van der Waals surface area contributed by atoms with Crippen molar-refractivity contribution in [1.82, 2.24) is 0 Å². The Labute approximate surface area is 62.5 Å². The summed E-state index contributed by atoms with van der Waals surface area (Å²) in [7, 11) is -7.10. The lowest BCUT2D eigenvalue weighted by Gasteiger charge is -1.87. The van der Waals surface area contributed by atoms with Crippen LogP contribution in [0.1, 0.15) is 0 Å². The lowest BCUT2D eigenvalue weighted by atomic mass is 11.6. The molecule has 0 saturated carbocycles. The van der Waals surface area contributed by atoms with Crippen LogP contribution in [-0.4, -0.2) is 24.5 Å². The summed E-state index contributed by atoms with van der Waals surface area (Å²) in [5, 5.41) is 7.46. The van der Waals surface area contributed by atoms with Gasteiger partial charge in [0.15, 0.2) is 0 Å².